The van der Waals surface area contributed by atoms with Gasteiger partial charge in [0, 0.05) is 13.1 Å². The van der Waals surface area contributed by atoms with Crippen LogP contribution in [0.3, 0.4) is 0 Å². The summed E-state index contributed by atoms with van der Waals surface area (Å²) < 4.78 is 0. The van der Waals surface area contributed by atoms with Gasteiger partial charge in [-0.3, -0.25) is 4.79 Å². The van der Waals surface area contributed by atoms with Crippen molar-refractivity contribution < 1.29 is 4.79 Å². The number of rotatable bonds is 6. The molecule has 0 heterocycles. The Hall–Kier alpha value is -3.11. The van der Waals surface area contributed by atoms with E-state index < -0.39 is 0 Å². The van der Waals surface area contributed by atoms with Crippen molar-refractivity contribution >= 4 is 23.8 Å². The number of hydrogen-bond donors (Lipinski definition) is 2. The average Bonchev–Trinajstić information content (AvgIpc) is 2.79. The summed E-state index contributed by atoms with van der Waals surface area (Å²) in [6, 6.07) is 29.7. The first-order valence-electron chi connectivity index (χ1n) is 8.82. The molecule has 144 valence electrons. The van der Waals surface area contributed by atoms with Crippen LogP contribution in [0.1, 0.15) is 16.7 Å². The zero-order valence-electron chi connectivity index (χ0n) is 15.7. The van der Waals surface area contributed by atoms with Gasteiger partial charge in [-0.2, -0.15) is 0 Å². The van der Waals surface area contributed by atoms with E-state index in [1.54, 1.807) is 0 Å². The topological polar surface area (TPSA) is 67.5 Å². The predicted molar refractivity (Wildman–Crippen MR) is 119 cm³/mol. The molecule has 1 amide bonds. The first-order chi connectivity index (χ1) is 13.8. The van der Waals surface area contributed by atoms with E-state index >= 15 is 0 Å². The highest BCUT2D eigenvalue weighted by molar-refractivity contribution is 7.78. The molecule has 0 spiro atoms. The fourth-order valence-electron chi connectivity index (χ4n) is 2.08. The van der Waals surface area contributed by atoms with E-state index in [9.17, 15) is 4.79 Å². The van der Waals surface area contributed by atoms with E-state index in [2.05, 4.69) is 27.7 Å². The van der Waals surface area contributed by atoms with Crippen molar-refractivity contribution in [2.24, 2.45) is 10.7 Å². The maximum atomic E-state index is 9.87. The number of nitrogens with two attached hydrogens (primary N) is 1. The number of thiocarbonyl (C=S) groups is 1. The fourth-order valence-corrected chi connectivity index (χ4v) is 2.14. The molecule has 5 heteroatoms. The number of aliphatic imine (C=N–C) groups is 1. The molecular formula is C23H25N3OS. The molecule has 0 fully saturated rings. The lowest BCUT2D eigenvalue weighted by Crippen LogP contribution is -2.09. The molecule has 0 unspecified atom stereocenters. The molecule has 3 rings (SSSR count). The lowest BCUT2D eigenvalue weighted by molar-refractivity contribution is -0.109. The van der Waals surface area contributed by atoms with Gasteiger partial charge < -0.3 is 11.1 Å². The van der Waals surface area contributed by atoms with E-state index in [0.29, 0.717) is 26.0 Å². The third kappa shape index (κ3) is 11.5. The summed E-state index contributed by atoms with van der Waals surface area (Å²) in [5.74, 6) is 0. The standard InChI is InChI=1S/C8H9NO.C8H7NS.C7H9N/c2*10-7-9-6-8-4-2-1-3-5-8;8-6-7-4-2-1-3-5-7/h1-5,7H,6H2,(H,9,10);1-5H,6H2;1-5H,6,8H2. The van der Waals surface area contributed by atoms with Gasteiger partial charge in [0.2, 0.25) is 6.41 Å². The predicted octanol–water partition coefficient (Wildman–Crippen LogP) is 4.37. The Kier molecular flexibility index (Phi) is 13.2. The second kappa shape index (κ2) is 16.1. The van der Waals surface area contributed by atoms with Gasteiger partial charge in [-0.1, -0.05) is 91.0 Å². The maximum Gasteiger partial charge on any atom is 0.207 e. The summed E-state index contributed by atoms with van der Waals surface area (Å²) in [4.78, 5) is 13.7. The van der Waals surface area contributed by atoms with Crippen LogP contribution in [0.2, 0.25) is 0 Å². The zero-order valence-corrected chi connectivity index (χ0v) is 16.5. The molecule has 0 aliphatic heterocycles. The molecule has 28 heavy (non-hydrogen) atoms. The second-order valence-electron chi connectivity index (χ2n) is 5.57. The Morgan fingerprint density at radius 1 is 0.821 bits per heavy atom. The minimum Gasteiger partial charge on any atom is -0.355 e. The molecule has 0 aromatic heterocycles. The van der Waals surface area contributed by atoms with Crippen LogP contribution in [0.5, 0.6) is 0 Å². The SMILES string of the molecule is NCc1ccccc1.O=CNCc1ccccc1.S=C=NCc1ccccc1. The number of carbonyl (C=O) groups excluding carboxylic acids is 1. The first kappa shape index (κ1) is 22.9. The molecular weight excluding hydrogens is 366 g/mol. The van der Waals surface area contributed by atoms with Crippen molar-refractivity contribution in [2.75, 3.05) is 0 Å². The van der Waals surface area contributed by atoms with Gasteiger partial charge in [-0.25, -0.2) is 4.99 Å². The van der Waals surface area contributed by atoms with Crippen LogP contribution in [0, 0.1) is 0 Å². The van der Waals surface area contributed by atoms with Crippen LogP contribution in [0.4, 0.5) is 0 Å². The quantitative estimate of drug-likeness (QED) is 0.372. The molecule has 0 radical (unpaired) electrons. The number of hydrogen-bond acceptors (Lipinski definition) is 4. The smallest absolute Gasteiger partial charge is 0.207 e. The van der Waals surface area contributed by atoms with E-state index in [1.807, 2.05) is 91.0 Å². The third-order valence-corrected chi connectivity index (χ3v) is 3.61. The summed E-state index contributed by atoms with van der Waals surface area (Å²) in [6.45, 7) is 1.90. The van der Waals surface area contributed by atoms with Crippen LogP contribution in [-0.2, 0) is 24.4 Å². The normalized spacial score (nSPS) is 8.75. The number of isothiocyanates is 1. The van der Waals surface area contributed by atoms with Gasteiger partial charge in [-0.15, -0.1) is 0 Å². The number of nitrogens with one attached hydrogen (secondary N) is 1. The largest absolute Gasteiger partial charge is 0.355 e. The van der Waals surface area contributed by atoms with Gasteiger partial charge >= 0.3 is 0 Å². The van der Waals surface area contributed by atoms with Crippen molar-refractivity contribution in [3.63, 3.8) is 0 Å². The van der Waals surface area contributed by atoms with Crippen molar-refractivity contribution in [2.45, 2.75) is 19.6 Å². The molecule has 3 N–H and O–H groups in total. The highest BCUT2D eigenvalue weighted by Crippen LogP contribution is 1.98. The van der Waals surface area contributed by atoms with Crippen LogP contribution in [-0.4, -0.2) is 11.6 Å². The second-order valence-corrected chi connectivity index (χ2v) is 5.75. The number of amides is 1. The van der Waals surface area contributed by atoms with E-state index in [4.69, 9.17) is 5.73 Å². The van der Waals surface area contributed by atoms with E-state index in [1.165, 1.54) is 11.1 Å². The number of nitrogens with zero attached hydrogens (tertiary/aromatic N) is 1. The van der Waals surface area contributed by atoms with E-state index in [0.717, 1.165) is 5.56 Å². The summed E-state index contributed by atoms with van der Waals surface area (Å²) in [5.41, 5.74) is 8.82. The highest BCUT2D eigenvalue weighted by Gasteiger charge is 1.86. The molecule has 3 aromatic rings. The third-order valence-electron chi connectivity index (χ3n) is 3.48. The van der Waals surface area contributed by atoms with Crippen LogP contribution in [0.15, 0.2) is 96.0 Å². The molecule has 0 aliphatic rings. The molecule has 0 aliphatic carbocycles. The monoisotopic (exact) mass is 391 g/mol. The fraction of sp³-hybridized carbons (Fsp3) is 0.130. The Balaban J connectivity index is 0.000000212. The van der Waals surface area contributed by atoms with Gasteiger partial charge in [0.15, 0.2) is 0 Å². The Bertz CT molecular complexity index is 805. The number of benzene rings is 3. The highest BCUT2D eigenvalue weighted by atomic mass is 32.1. The first-order valence-corrected chi connectivity index (χ1v) is 9.23. The van der Waals surface area contributed by atoms with Crippen molar-refractivity contribution in [3.05, 3.63) is 108 Å². The molecule has 0 atom stereocenters. The lowest BCUT2D eigenvalue weighted by Gasteiger charge is -1.96. The summed E-state index contributed by atoms with van der Waals surface area (Å²) in [5, 5.41) is 4.91. The van der Waals surface area contributed by atoms with Gasteiger partial charge in [-0.05, 0) is 28.9 Å². The Labute approximate surface area is 172 Å². The Morgan fingerprint density at radius 2 is 1.29 bits per heavy atom. The summed E-state index contributed by atoms with van der Waals surface area (Å²) in [6.07, 6.45) is 0.701. The molecule has 0 bridgehead atoms. The maximum absolute atomic E-state index is 9.87. The minimum atomic E-state index is 0.615. The minimum absolute atomic E-state index is 0.615. The van der Waals surface area contributed by atoms with Gasteiger partial charge in [0.25, 0.3) is 0 Å². The molecule has 4 nitrogen and oxygen atoms in total. The summed E-state index contributed by atoms with van der Waals surface area (Å²) in [7, 11) is 0. The molecule has 3 aromatic carbocycles. The van der Waals surface area contributed by atoms with Gasteiger partial charge in [0.05, 0.1) is 11.7 Å². The van der Waals surface area contributed by atoms with Crippen molar-refractivity contribution in [1.29, 1.82) is 0 Å². The van der Waals surface area contributed by atoms with Crippen LogP contribution in [0.25, 0.3) is 0 Å². The van der Waals surface area contributed by atoms with Crippen LogP contribution < -0.4 is 11.1 Å². The molecule has 0 saturated carbocycles. The lowest BCUT2D eigenvalue weighted by atomic mass is 10.2. The van der Waals surface area contributed by atoms with Crippen molar-refractivity contribution in [1.82, 2.24) is 5.32 Å². The van der Waals surface area contributed by atoms with E-state index in [-0.39, 0.29) is 0 Å². The average molecular weight is 392 g/mol. The summed E-state index contributed by atoms with van der Waals surface area (Å²) >= 11 is 4.43. The Morgan fingerprint density at radius 3 is 1.68 bits per heavy atom. The number of carbonyl (C=O) groups is 1. The van der Waals surface area contributed by atoms with Crippen molar-refractivity contribution in [3.8, 4) is 0 Å². The molecule has 0 saturated heterocycles. The zero-order chi connectivity index (χ0) is 20.3. The van der Waals surface area contributed by atoms with Crippen LogP contribution >= 0.6 is 12.2 Å². The van der Waals surface area contributed by atoms with Gasteiger partial charge in [0.1, 0.15) is 0 Å².